The van der Waals surface area contributed by atoms with Gasteiger partial charge in [0.2, 0.25) is 11.8 Å². The zero-order chi connectivity index (χ0) is 12.3. The Morgan fingerprint density at radius 2 is 1.76 bits per heavy atom. The summed E-state index contributed by atoms with van der Waals surface area (Å²) in [5.74, 6) is -0.124. The summed E-state index contributed by atoms with van der Waals surface area (Å²) in [5.41, 5.74) is 0.973. The van der Waals surface area contributed by atoms with Crippen molar-refractivity contribution >= 4 is 23.4 Å². The van der Waals surface area contributed by atoms with E-state index in [4.69, 9.17) is 11.6 Å². The van der Waals surface area contributed by atoms with Crippen LogP contribution in [-0.2, 0) is 16.0 Å². The van der Waals surface area contributed by atoms with Crippen molar-refractivity contribution < 1.29 is 9.59 Å². The van der Waals surface area contributed by atoms with Gasteiger partial charge in [0.1, 0.15) is 0 Å². The molecule has 1 aromatic rings. The van der Waals surface area contributed by atoms with Crippen molar-refractivity contribution in [1.82, 2.24) is 4.90 Å². The lowest BCUT2D eigenvalue weighted by molar-refractivity contribution is -0.147. The van der Waals surface area contributed by atoms with E-state index in [9.17, 15) is 9.59 Å². The molecule has 0 aliphatic carbocycles. The van der Waals surface area contributed by atoms with E-state index in [0.29, 0.717) is 37.3 Å². The maximum atomic E-state index is 11.6. The van der Waals surface area contributed by atoms with Gasteiger partial charge in [-0.1, -0.05) is 29.8 Å². The Morgan fingerprint density at radius 3 is 2.41 bits per heavy atom. The van der Waals surface area contributed by atoms with Crippen molar-refractivity contribution in [3.63, 3.8) is 0 Å². The van der Waals surface area contributed by atoms with Gasteiger partial charge in [-0.25, -0.2) is 0 Å². The molecule has 17 heavy (non-hydrogen) atoms. The first-order valence-electron chi connectivity index (χ1n) is 5.75. The molecule has 0 aromatic heterocycles. The van der Waals surface area contributed by atoms with Gasteiger partial charge in [0.25, 0.3) is 0 Å². The number of nitrogens with zero attached hydrogens (tertiary/aromatic N) is 1. The molecular formula is C13H14ClNO2. The molecular weight excluding hydrogens is 238 g/mol. The van der Waals surface area contributed by atoms with E-state index in [1.54, 1.807) is 0 Å². The number of hydrogen-bond acceptors (Lipinski definition) is 2. The first kappa shape index (κ1) is 12.1. The lowest BCUT2D eigenvalue weighted by Gasteiger charge is -2.24. The fourth-order valence-corrected chi connectivity index (χ4v) is 2.21. The predicted molar refractivity (Wildman–Crippen MR) is 65.7 cm³/mol. The normalized spacial score (nSPS) is 16.4. The van der Waals surface area contributed by atoms with Crippen LogP contribution in [0.2, 0.25) is 5.02 Å². The smallest absolute Gasteiger partial charge is 0.229 e. The van der Waals surface area contributed by atoms with E-state index < -0.39 is 0 Å². The lowest BCUT2D eigenvalue weighted by atomic mass is 10.1. The highest BCUT2D eigenvalue weighted by molar-refractivity contribution is 6.31. The molecule has 1 aromatic carbocycles. The minimum absolute atomic E-state index is 0.0618. The molecule has 2 rings (SSSR count). The number of piperidine rings is 1. The number of amides is 2. The van der Waals surface area contributed by atoms with Gasteiger partial charge in [0, 0.05) is 24.4 Å². The molecule has 4 heteroatoms. The van der Waals surface area contributed by atoms with E-state index in [1.165, 1.54) is 4.90 Å². The van der Waals surface area contributed by atoms with Crippen LogP contribution >= 0.6 is 11.6 Å². The molecule has 3 nitrogen and oxygen atoms in total. The van der Waals surface area contributed by atoms with E-state index in [-0.39, 0.29) is 11.8 Å². The maximum absolute atomic E-state index is 11.6. The molecule has 0 spiro atoms. The Labute approximate surface area is 105 Å². The molecule has 0 saturated carbocycles. The highest BCUT2D eigenvalue weighted by atomic mass is 35.5. The van der Waals surface area contributed by atoms with Gasteiger partial charge < -0.3 is 0 Å². The Morgan fingerprint density at radius 1 is 1.12 bits per heavy atom. The van der Waals surface area contributed by atoms with Crippen molar-refractivity contribution in [1.29, 1.82) is 0 Å². The maximum Gasteiger partial charge on any atom is 0.229 e. The van der Waals surface area contributed by atoms with E-state index in [1.807, 2.05) is 24.3 Å². The molecule has 1 aliphatic rings. The highest BCUT2D eigenvalue weighted by Gasteiger charge is 2.25. The van der Waals surface area contributed by atoms with Crippen LogP contribution in [0.25, 0.3) is 0 Å². The van der Waals surface area contributed by atoms with Gasteiger partial charge in [-0.3, -0.25) is 14.5 Å². The fraction of sp³-hybridized carbons (Fsp3) is 0.385. The van der Waals surface area contributed by atoms with E-state index >= 15 is 0 Å². The molecule has 1 fully saturated rings. The standard InChI is InChI=1S/C13H14ClNO2/c14-11-5-2-1-4-10(11)8-9-15-12(16)6-3-7-13(15)17/h1-2,4-5H,3,6-9H2. The molecule has 0 radical (unpaired) electrons. The second-order valence-electron chi connectivity index (χ2n) is 4.13. The van der Waals surface area contributed by atoms with Gasteiger partial charge in [-0.15, -0.1) is 0 Å². The number of likely N-dealkylation sites (tertiary alicyclic amines) is 1. The second kappa shape index (κ2) is 5.32. The van der Waals surface area contributed by atoms with Crippen LogP contribution in [0.15, 0.2) is 24.3 Å². The molecule has 0 unspecified atom stereocenters. The Bertz CT molecular complexity index is 429. The summed E-state index contributed by atoms with van der Waals surface area (Å²) in [5, 5.41) is 0.685. The van der Waals surface area contributed by atoms with Crippen molar-refractivity contribution in [3.8, 4) is 0 Å². The summed E-state index contributed by atoms with van der Waals surface area (Å²) >= 11 is 6.03. The van der Waals surface area contributed by atoms with Crippen LogP contribution in [0.1, 0.15) is 24.8 Å². The first-order valence-corrected chi connectivity index (χ1v) is 6.13. The quantitative estimate of drug-likeness (QED) is 0.774. The summed E-state index contributed by atoms with van der Waals surface area (Å²) < 4.78 is 0. The summed E-state index contributed by atoms with van der Waals surface area (Å²) in [6, 6.07) is 7.50. The molecule has 1 saturated heterocycles. The predicted octanol–water partition coefficient (Wildman–Crippen LogP) is 2.42. The SMILES string of the molecule is O=C1CCCC(=O)N1CCc1ccccc1Cl. The molecule has 0 atom stereocenters. The second-order valence-corrected chi connectivity index (χ2v) is 4.54. The number of imide groups is 1. The Hall–Kier alpha value is -1.35. The Kier molecular flexibility index (Phi) is 3.79. The monoisotopic (exact) mass is 251 g/mol. The minimum Gasteiger partial charge on any atom is -0.282 e. The number of halogens is 1. The van der Waals surface area contributed by atoms with Gasteiger partial charge in [0.05, 0.1) is 0 Å². The lowest BCUT2D eigenvalue weighted by Crippen LogP contribution is -2.41. The first-order chi connectivity index (χ1) is 8.18. The van der Waals surface area contributed by atoms with Crippen LogP contribution in [0.3, 0.4) is 0 Å². The van der Waals surface area contributed by atoms with E-state index in [0.717, 1.165) is 5.56 Å². The minimum atomic E-state index is -0.0618. The van der Waals surface area contributed by atoms with Crippen LogP contribution in [0.4, 0.5) is 0 Å². The highest BCUT2D eigenvalue weighted by Crippen LogP contribution is 2.17. The molecule has 1 heterocycles. The Balaban J connectivity index is 2.00. The van der Waals surface area contributed by atoms with Gasteiger partial charge in [-0.05, 0) is 24.5 Å². The number of carbonyl (C=O) groups is 2. The van der Waals surface area contributed by atoms with Crippen molar-refractivity contribution in [2.24, 2.45) is 0 Å². The van der Waals surface area contributed by atoms with Crippen molar-refractivity contribution in [2.75, 3.05) is 6.54 Å². The molecule has 2 amide bonds. The molecule has 0 N–H and O–H groups in total. The van der Waals surface area contributed by atoms with Gasteiger partial charge >= 0.3 is 0 Å². The molecule has 0 bridgehead atoms. The van der Waals surface area contributed by atoms with Crippen molar-refractivity contribution in [2.45, 2.75) is 25.7 Å². The third-order valence-corrected chi connectivity index (χ3v) is 3.31. The topological polar surface area (TPSA) is 37.4 Å². The number of rotatable bonds is 3. The average molecular weight is 252 g/mol. The van der Waals surface area contributed by atoms with E-state index in [2.05, 4.69) is 0 Å². The van der Waals surface area contributed by atoms with Crippen LogP contribution < -0.4 is 0 Å². The molecule has 90 valence electrons. The van der Waals surface area contributed by atoms with Crippen LogP contribution in [-0.4, -0.2) is 23.3 Å². The third kappa shape index (κ3) is 2.86. The zero-order valence-corrected chi connectivity index (χ0v) is 10.2. The zero-order valence-electron chi connectivity index (χ0n) is 9.49. The number of carbonyl (C=O) groups excluding carboxylic acids is 2. The molecule has 1 aliphatic heterocycles. The van der Waals surface area contributed by atoms with Gasteiger partial charge in [-0.2, -0.15) is 0 Å². The van der Waals surface area contributed by atoms with Crippen LogP contribution in [0.5, 0.6) is 0 Å². The number of hydrogen-bond donors (Lipinski definition) is 0. The number of benzene rings is 1. The van der Waals surface area contributed by atoms with Crippen molar-refractivity contribution in [3.05, 3.63) is 34.9 Å². The van der Waals surface area contributed by atoms with Crippen LogP contribution in [0, 0.1) is 0 Å². The fourth-order valence-electron chi connectivity index (χ4n) is 1.98. The summed E-state index contributed by atoms with van der Waals surface area (Å²) in [6.45, 7) is 0.432. The van der Waals surface area contributed by atoms with Gasteiger partial charge in [0.15, 0.2) is 0 Å². The summed E-state index contributed by atoms with van der Waals surface area (Å²) in [6.07, 6.45) is 2.26. The largest absolute Gasteiger partial charge is 0.282 e. The summed E-state index contributed by atoms with van der Waals surface area (Å²) in [7, 11) is 0. The third-order valence-electron chi connectivity index (χ3n) is 2.95. The summed E-state index contributed by atoms with van der Waals surface area (Å²) in [4.78, 5) is 24.5. The average Bonchev–Trinajstić information content (AvgIpc) is 2.30.